The van der Waals surface area contributed by atoms with E-state index in [0.29, 0.717) is 6.54 Å². The minimum Gasteiger partial charge on any atom is -0.355 e. The number of thiophene rings is 1. The maximum atomic E-state index is 5.64. The van der Waals surface area contributed by atoms with Gasteiger partial charge in [-0.05, 0) is 19.4 Å². The number of likely N-dealkylation sites (N-methyl/N-ethyl adjacent to an activating group) is 1. The summed E-state index contributed by atoms with van der Waals surface area (Å²) in [5, 5.41) is 1.16. The highest BCUT2D eigenvalue weighted by Crippen LogP contribution is 2.30. The summed E-state index contributed by atoms with van der Waals surface area (Å²) in [6.45, 7) is 6.68. The van der Waals surface area contributed by atoms with Crippen molar-refractivity contribution in [2.24, 2.45) is 5.73 Å². The number of hydrogen-bond donors (Lipinski definition) is 1. The fourth-order valence-corrected chi connectivity index (χ4v) is 2.82. The third-order valence-electron chi connectivity index (χ3n) is 2.79. The van der Waals surface area contributed by atoms with E-state index in [-0.39, 0.29) is 0 Å². The molecule has 5 heteroatoms. The van der Waals surface area contributed by atoms with E-state index in [1.165, 1.54) is 4.88 Å². The zero-order valence-corrected chi connectivity index (χ0v) is 11.1. The molecule has 0 atom stereocenters. The zero-order valence-electron chi connectivity index (χ0n) is 10.3. The van der Waals surface area contributed by atoms with Crippen LogP contribution >= 0.6 is 11.3 Å². The topological polar surface area (TPSA) is 55.0 Å². The molecule has 4 nitrogen and oxygen atoms in total. The minimum absolute atomic E-state index is 0.643. The van der Waals surface area contributed by atoms with Crippen LogP contribution in [0.4, 0.5) is 5.82 Å². The Morgan fingerprint density at radius 2 is 2.18 bits per heavy atom. The largest absolute Gasteiger partial charge is 0.355 e. The molecule has 2 aromatic rings. The molecule has 0 aliphatic rings. The van der Waals surface area contributed by atoms with Crippen LogP contribution in [0.1, 0.15) is 18.7 Å². The summed E-state index contributed by atoms with van der Waals surface area (Å²) in [5.74, 6) is 1.01. The Morgan fingerprint density at radius 3 is 2.82 bits per heavy atom. The highest BCUT2D eigenvalue weighted by Gasteiger charge is 2.12. The summed E-state index contributed by atoms with van der Waals surface area (Å²) < 4.78 is 0. The van der Waals surface area contributed by atoms with Crippen LogP contribution in [0.25, 0.3) is 10.2 Å². The Bertz CT molecular complexity index is 494. The number of hydrogen-bond acceptors (Lipinski definition) is 5. The van der Waals surface area contributed by atoms with Crippen LogP contribution in [0.3, 0.4) is 0 Å². The Morgan fingerprint density at radius 1 is 1.35 bits per heavy atom. The second-order valence-electron chi connectivity index (χ2n) is 3.85. The van der Waals surface area contributed by atoms with E-state index in [9.17, 15) is 0 Å². The molecule has 2 rings (SSSR count). The van der Waals surface area contributed by atoms with Crippen molar-refractivity contribution < 1.29 is 0 Å². The highest BCUT2D eigenvalue weighted by atomic mass is 32.1. The highest BCUT2D eigenvalue weighted by molar-refractivity contribution is 7.18. The molecule has 2 aromatic heterocycles. The van der Waals surface area contributed by atoms with Gasteiger partial charge in [0.1, 0.15) is 17.0 Å². The maximum Gasteiger partial charge on any atom is 0.140 e. The molecule has 0 radical (unpaired) electrons. The van der Waals surface area contributed by atoms with Crippen LogP contribution < -0.4 is 10.6 Å². The van der Waals surface area contributed by atoms with Crippen molar-refractivity contribution in [1.29, 1.82) is 0 Å². The monoisotopic (exact) mass is 250 g/mol. The van der Waals surface area contributed by atoms with Gasteiger partial charge < -0.3 is 10.6 Å². The molecule has 0 fully saturated rings. The number of nitrogens with two attached hydrogens (primary N) is 1. The number of rotatable bonds is 5. The quantitative estimate of drug-likeness (QED) is 0.882. The first-order valence-electron chi connectivity index (χ1n) is 5.98. The van der Waals surface area contributed by atoms with Gasteiger partial charge in [-0.3, -0.25) is 0 Å². The molecular formula is C12H18N4S. The van der Waals surface area contributed by atoms with Gasteiger partial charge in [0.2, 0.25) is 0 Å². The van der Waals surface area contributed by atoms with Gasteiger partial charge in [-0.2, -0.15) is 0 Å². The second-order valence-corrected chi connectivity index (χ2v) is 4.97. The average molecular weight is 250 g/mol. The molecule has 0 amide bonds. The van der Waals surface area contributed by atoms with Crippen molar-refractivity contribution in [2.45, 2.75) is 20.3 Å². The summed E-state index contributed by atoms with van der Waals surface area (Å²) in [4.78, 5) is 13.4. The van der Waals surface area contributed by atoms with Crippen molar-refractivity contribution in [3.05, 3.63) is 17.3 Å². The van der Waals surface area contributed by atoms with E-state index in [4.69, 9.17) is 5.73 Å². The maximum absolute atomic E-state index is 5.64. The van der Waals surface area contributed by atoms with Crippen LogP contribution in [0.2, 0.25) is 0 Å². The molecule has 0 bridgehead atoms. The van der Waals surface area contributed by atoms with Crippen LogP contribution in [0.5, 0.6) is 0 Å². The third kappa shape index (κ3) is 2.40. The molecule has 92 valence electrons. The number of aromatic nitrogens is 2. The normalized spacial score (nSPS) is 11.0. The minimum atomic E-state index is 0.643. The van der Waals surface area contributed by atoms with Gasteiger partial charge in [0, 0.05) is 24.5 Å². The van der Waals surface area contributed by atoms with Crippen LogP contribution in [-0.2, 0) is 6.42 Å². The third-order valence-corrected chi connectivity index (χ3v) is 3.98. The summed E-state index contributed by atoms with van der Waals surface area (Å²) in [6.07, 6.45) is 2.69. The van der Waals surface area contributed by atoms with Crippen LogP contribution in [0.15, 0.2) is 12.4 Å². The van der Waals surface area contributed by atoms with Crippen molar-refractivity contribution >= 4 is 27.4 Å². The first-order chi connectivity index (χ1) is 8.30. The number of nitrogens with zero attached hydrogens (tertiary/aromatic N) is 3. The van der Waals surface area contributed by atoms with Gasteiger partial charge in [0.25, 0.3) is 0 Å². The Balaban J connectivity index is 2.48. The molecule has 0 aliphatic heterocycles. The Kier molecular flexibility index (Phi) is 3.91. The second kappa shape index (κ2) is 5.42. The van der Waals surface area contributed by atoms with Gasteiger partial charge in [-0.25, -0.2) is 9.97 Å². The van der Waals surface area contributed by atoms with Gasteiger partial charge >= 0.3 is 0 Å². The summed E-state index contributed by atoms with van der Waals surface area (Å²) in [5.41, 5.74) is 5.64. The summed E-state index contributed by atoms with van der Waals surface area (Å²) in [7, 11) is 0. The van der Waals surface area contributed by atoms with E-state index >= 15 is 0 Å². The molecule has 0 aromatic carbocycles. The SMILES string of the molecule is CCc1cc2c(N(CC)CCN)ncnc2s1. The lowest BCUT2D eigenvalue weighted by molar-refractivity contribution is 0.804. The van der Waals surface area contributed by atoms with E-state index in [0.717, 1.165) is 35.5 Å². The summed E-state index contributed by atoms with van der Waals surface area (Å²) in [6, 6.07) is 2.20. The van der Waals surface area contributed by atoms with E-state index in [1.807, 2.05) is 0 Å². The Hall–Kier alpha value is -1.20. The molecule has 0 saturated heterocycles. The first kappa shape index (κ1) is 12.3. The van der Waals surface area contributed by atoms with Gasteiger partial charge in [0.05, 0.1) is 5.39 Å². The molecule has 17 heavy (non-hydrogen) atoms. The average Bonchev–Trinajstić information content (AvgIpc) is 2.78. The lowest BCUT2D eigenvalue weighted by Crippen LogP contribution is -2.29. The van der Waals surface area contributed by atoms with Crippen LogP contribution in [-0.4, -0.2) is 29.6 Å². The van der Waals surface area contributed by atoms with Gasteiger partial charge in [0.15, 0.2) is 0 Å². The number of aryl methyl sites for hydroxylation is 1. The lowest BCUT2D eigenvalue weighted by Gasteiger charge is -2.21. The molecule has 0 aliphatic carbocycles. The van der Waals surface area contributed by atoms with Crippen LogP contribution in [0, 0.1) is 0 Å². The number of anilines is 1. The smallest absolute Gasteiger partial charge is 0.140 e. The fraction of sp³-hybridized carbons (Fsp3) is 0.500. The lowest BCUT2D eigenvalue weighted by atomic mass is 10.3. The van der Waals surface area contributed by atoms with Crippen molar-refractivity contribution in [2.75, 3.05) is 24.5 Å². The molecule has 0 unspecified atom stereocenters. The molecule has 2 heterocycles. The van der Waals surface area contributed by atoms with E-state index in [1.54, 1.807) is 17.7 Å². The molecular weight excluding hydrogens is 232 g/mol. The predicted molar refractivity (Wildman–Crippen MR) is 73.7 cm³/mol. The van der Waals surface area contributed by atoms with Crippen molar-refractivity contribution in [3.8, 4) is 0 Å². The zero-order chi connectivity index (χ0) is 12.3. The van der Waals surface area contributed by atoms with E-state index < -0.39 is 0 Å². The molecule has 0 saturated carbocycles. The molecule has 0 spiro atoms. The van der Waals surface area contributed by atoms with Crippen molar-refractivity contribution in [3.63, 3.8) is 0 Å². The summed E-state index contributed by atoms with van der Waals surface area (Å²) >= 11 is 1.75. The van der Waals surface area contributed by atoms with Gasteiger partial charge in [-0.15, -0.1) is 11.3 Å². The fourth-order valence-electron chi connectivity index (χ4n) is 1.89. The van der Waals surface area contributed by atoms with Crippen molar-refractivity contribution in [1.82, 2.24) is 9.97 Å². The Labute approximate surface area is 105 Å². The van der Waals surface area contributed by atoms with E-state index in [2.05, 4.69) is 34.8 Å². The molecule has 2 N–H and O–H groups in total. The van der Waals surface area contributed by atoms with Gasteiger partial charge in [-0.1, -0.05) is 6.92 Å². The first-order valence-corrected chi connectivity index (χ1v) is 6.80. The standard InChI is InChI=1S/C12H18N4S/c1-3-9-7-10-11(16(4-2)6-5-13)14-8-15-12(10)17-9/h7-8H,3-6,13H2,1-2H3. The predicted octanol–water partition coefficient (Wildman–Crippen LogP) is 2.04. The number of fused-ring (bicyclic) bond motifs is 1.